The van der Waals surface area contributed by atoms with E-state index in [1.165, 1.54) is 0 Å². The zero-order valence-corrected chi connectivity index (χ0v) is 8.64. The average Bonchev–Trinajstić information content (AvgIpc) is 2.22. The van der Waals surface area contributed by atoms with Crippen LogP contribution in [0.4, 0.5) is 14.5 Å². The normalized spacial score (nSPS) is 9.75. The van der Waals surface area contributed by atoms with Crippen LogP contribution in [0.1, 0.15) is 17.3 Å². The molecule has 0 spiro atoms. The minimum Gasteiger partial charge on any atom is -0.491 e. The number of hydrogen-bond donors (Lipinski definition) is 1. The molecule has 0 aliphatic carbocycles. The minimum atomic E-state index is -1.09. The first-order valence-corrected chi connectivity index (χ1v) is 4.30. The molecule has 0 saturated carbocycles. The van der Waals surface area contributed by atoms with Gasteiger partial charge in [0.1, 0.15) is 0 Å². The standard InChI is InChI=1S/C10H9F2NO3/c1-5(15)13-7-3-6(4-14)8(11)10(16-2)9(7)12/h3-4H,1-2H3,(H,13,15). The maximum atomic E-state index is 13.5. The second-order valence-corrected chi connectivity index (χ2v) is 2.97. The number of halogens is 2. The molecule has 0 saturated heterocycles. The minimum absolute atomic E-state index is 0.211. The third-order valence-corrected chi connectivity index (χ3v) is 1.83. The molecule has 0 unspecified atom stereocenters. The number of hydrogen-bond acceptors (Lipinski definition) is 3. The fourth-order valence-corrected chi connectivity index (χ4v) is 1.18. The molecular formula is C10H9F2NO3. The number of carbonyl (C=O) groups excluding carboxylic acids is 2. The fourth-order valence-electron chi connectivity index (χ4n) is 1.18. The van der Waals surface area contributed by atoms with Crippen LogP contribution in [0.2, 0.25) is 0 Å². The Kier molecular flexibility index (Phi) is 3.55. The molecule has 1 N–H and O–H groups in total. The van der Waals surface area contributed by atoms with Gasteiger partial charge in [0.05, 0.1) is 18.4 Å². The Morgan fingerprint density at radius 1 is 1.44 bits per heavy atom. The zero-order chi connectivity index (χ0) is 12.3. The molecule has 0 atom stereocenters. The molecule has 1 aromatic carbocycles. The molecule has 1 aromatic rings. The first-order chi connectivity index (χ1) is 7.51. The fraction of sp³-hybridized carbons (Fsp3) is 0.200. The van der Waals surface area contributed by atoms with Crippen LogP contribution in [0.3, 0.4) is 0 Å². The summed E-state index contributed by atoms with van der Waals surface area (Å²) in [5.41, 5.74) is -0.685. The molecule has 1 amide bonds. The molecule has 0 aliphatic heterocycles. The molecule has 0 aromatic heterocycles. The van der Waals surface area contributed by atoms with E-state index in [0.717, 1.165) is 20.1 Å². The van der Waals surface area contributed by atoms with E-state index in [1.54, 1.807) is 0 Å². The van der Waals surface area contributed by atoms with E-state index < -0.39 is 23.3 Å². The summed E-state index contributed by atoms with van der Waals surface area (Å²) in [7, 11) is 1.06. The van der Waals surface area contributed by atoms with Crippen LogP contribution in [0.15, 0.2) is 6.07 Å². The maximum Gasteiger partial charge on any atom is 0.221 e. The van der Waals surface area contributed by atoms with Gasteiger partial charge in [-0.2, -0.15) is 0 Å². The van der Waals surface area contributed by atoms with Crippen molar-refractivity contribution in [3.63, 3.8) is 0 Å². The van der Waals surface area contributed by atoms with Crippen molar-refractivity contribution in [1.82, 2.24) is 0 Å². The van der Waals surface area contributed by atoms with Gasteiger partial charge < -0.3 is 10.1 Å². The van der Waals surface area contributed by atoms with Crippen molar-refractivity contribution >= 4 is 17.9 Å². The largest absolute Gasteiger partial charge is 0.491 e. The van der Waals surface area contributed by atoms with Crippen molar-refractivity contribution in [2.24, 2.45) is 0 Å². The molecule has 0 bridgehead atoms. The van der Waals surface area contributed by atoms with E-state index in [4.69, 9.17) is 0 Å². The highest BCUT2D eigenvalue weighted by Crippen LogP contribution is 2.30. The van der Waals surface area contributed by atoms with Crippen molar-refractivity contribution in [3.8, 4) is 5.75 Å². The number of methoxy groups -OCH3 is 1. The average molecular weight is 229 g/mol. The monoisotopic (exact) mass is 229 g/mol. The summed E-state index contributed by atoms with van der Waals surface area (Å²) in [6, 6.07) is 0.904. The SMILES string of the molecule is COc1c(F)c(C=O)cc(NC(C)=O)c1F. The Morgan fingerprint density at radius 3 is 2.50 bits per heavy atom. The Balaban J connectivity index is 3.39. The third-order valence-electron chi connectivity index (χ3n) is 1.83. The summed E-state index contributed by atoms with van der Waals surface area (Å²) in [5, 5.41) is 2.13. The first kappa shape index (κ1) is 12.1. The number of carbonyl (C=O) groups is 2. The summed E-state index contributed by atoms with van der Waals surface area (Å²) < 4.78 is 31.3. The number of benzene rings is 1. The van der Waals surface area contributed by atoms with Crippen molar-refractivity contribution in [2.45, 2.75) is 6.92 Å². The summed E-state index contributed by atoms with van der Waals surface area (Å²) >= 11 is 0. The Labute approximate surface area is 90.2 Å². The highest BCUT2D eigenvalue weighted by atomic mass is 19.1. The molecule has 16 heavy (non-hydrogen) atoms. The molecule has 0 fully saturated rings. The van der Waals surface area contributed by atoms with Gasteiger partial charge in [-0.25, -0.2) is 8.78 Å². The van der Waals surface area contributed by atoms with E-state index in [0.29, 0.717) is 0 Å². The maximum absolute atomic E-state index is 13.5. The number of aldehydes is 1. The molecule has 0 aliphatic rings. The smallest absolute Gasteiger partial charge is 0.221 e. The van der Waals surface area contributed by atoms with E-state index in [-0.39, 0.29) is 17.5 Å². The van der Waals surface area contributed by atoms with Crippen LogP contribution in [0, 0.1) is 11.6 Å². The molecule has 0 heterocycles. The summed E-state index contributed by atoms with van der Waals surface area (Å²) in [6.07, 6.45) is 0.211. The van der Waals surface area contributed by atoms with E-state index in [1.807, 2.05) is 0 Å². The highest BCUT2D eigenvalue weighted by Gasteiger charge is 2.19. The predicted molar refractivity (Wildman–Crippen MR) is 52.6 cm³/mol. The van der Waals surface area contributed by atoms with Gasteiger partial charge in [0, 0.05) is 6.92 Å². The van der Waals surface area contributed by atoms with Crippen LogP contribution in [-0.2, 0) is 4.79 Å². The predicted octanol–water partition coefficient (Wildman–Crippen LogP) is 1.74. The summed E-state index contributed by atoms with van der Waals surface area (Å²) in [6.45, 7) is 1.16. The van der Waals surface area contributed by atoms with Crippen LogP contribution in [0.5, 0.6) is 5.75 Å². The number of ether oxygens (including phenoxy) is 1. The summed E-state index contributed by atoms with van der Waals surface area (Å²) in [4.78, 5) is 21.3. The third kappa shape index (κ3) is 2.16. The second kappa shape index (κ2) is 4.69. The molecule has 6 heteroatoms. The Bertz CT molecular complexity index is 446. The molecular weight excluding hydrogens is 220 g/mol. The van der Waals surface area contributed by atoms with Gasteiger partial charge in [0.15, 0.2) is 23.7 Å². The lowest BCUT2D eigenvalue weighted by Gasteiger charge is -2.10. The summed E-state index contributed by atoms with van der Waals surface area (Å²) in [5.74, 6) is -3.39. The quantitative estimate of drug-likeness (QED) is 0.803. The number of nitrogens with one attached hydrogen (secondary N) is 1. The van der Waals surface area contributed by atoms with Crippen molar-refractivity contribution < 1.29 is 23.1 Å². The van der Waals surface area contributed by atoms with E-state index in [2.05, 4.69) is 10.1 Å². The Morgan fingerprint density at radius 2 is 2.06 bits per heavy atom. The van der Waals surface area contributed by atoms with Gasteiger partial charge in [-0.1, -0.05) is 0 Å². The van der Waals surface area contributed by atoms with Crippen molar-refractivity contribution in [2.75, 3.05) is 12.4 Å². The second-order valence-electron chi connectivity index (χ2n) is 2.97. The van der Waals surface area contributed by atoms with Crippen molar-refractivity contribution in [3.05, 3.63) is 23.3 Å². The van der Waals surface area contributed by atoms with Gasteiger partial charge in [-0.15, -0.1) is 0 Å². The van der Waals surface area contributed by atoms with Crippen molar-refractivity contribution in [1.29, 1.82) is 0 Å². The van der Waals surface area contributed by atoms with E-state index in [9.17, 15) is 18.4 Å². The number of anilines is 1. The van der Waals surface area contributed by atoms with Gasteiger partial charge in [0.25, 0.3) is 0 Å². The van der Waals surface area contributed by atoms with Crippen LogP contribution < -0.4 is 10.1 Å². The van der Waals surface area contributed by atoms with Crippen LogP contribution in [0.25, 0.3) is 0 Å². The van der Waals surface area contributed by atoms with Gasteiger partial charge >= 0.3 is 0 Å². The number of rotatable bonds is 3. The zero-order valence-electron chi connectivity index (χ0n) is 8.64. The molecule has 4 nitrogen and oxygen atoms in total. The molecule has 0 radical (unpaired) electrons. The molecule has 1 rings (SSSR count). The van der Waals surface area contributed by atoms with E-state index >= 15 is 0 Å². The highest BCUT2D eigenvalue weighted by molar-refractivity contribution is 5.90. The van der Waals surface area contributed by atoms with Crippen LogP contribution >= 0.6 is 0 Å². The van der Waals surface area contributed by atoms with Crippen LogP contribution in [-0.4, -0.2) is 19.3 Å². The Hall–Kier alpha value is -1.98. The topological polar surface area (TPSA) is 55.4 Å². The van der Waals surface area contributed by atoms with Gasteiger partial charge in [-0.05, 0) is 6.07 Å². The van der Waals surface area contributed by atoms with Gasteiger partial charge in [0.2, 0.25) is 5.91 Å². The molecule has 86 valence electrons. The lowest BCUT2D eigenvalue weighted by Crippen LogP contribution is -2.10. The lowest BCUT2D eigenvalue weighted by molar-refractivity contribution is -0.114. The van der Waals surface area contributed by atoms with Gasteiger partial charge in [-0.3, -0.25) is 9.59 Å². The first-order valence-electron chi connectivity index (χ1n) is 4.30. The lowest BCUT2D eigenvalue weighted by atomic mass is 10.1. The number of amides is 1.